The van der Waals surface area contributed by atoms with Crippen molar-refractivity contribution >= 4 is 15.9 Å². The molecular formula is C14H22N4O4S. The van der Waals surface area contributed by atoms with E-state index < -0.39 is 15.3 Å². The van der Waals surface area contributed by atoms with Gasteiger partial charge in [0, 0.05) is 45.2 Å². The smallest absolute Gasteiger partial charge is 0.274 e. The van der Waals surface area contributed by atoms with Crippen LogP contribution in [-0.4, -0.2) is 71.3 Å². The zero-order valence-corrected chi connectivity index (χ0v) is 14.3. The van der Waals surface area contributed by atoms with Crippen molar-refractivity contribution in [2.24, 2.45) is 0 Å². The van der Waals surface area contributed by atoms with Crippen LogP contribution >= 0.6 is 0 Å². The molecule has 0 saturated carbocycles. The summed E-state index contributed by atoms with van der Waals surface area (Å²) in [5.74, 6) is 0.456. The lowest BCUT2D eigenvalue weighted by atomic mass is 10.3. The van der Waals surface area contributed by atoms with E-state index >= 15 is 0 Å². The number of ether oxygens (including phenoxy) is 1. The second-order valence-corrected chi connectivity index (χ2v) is 8.57. The molecule has 0 radical (unpaired) electrons. The number of carbonyl (C=O) groups is 1. The van der Waals surface area contributed by atoms with Crippen LogP contribution in [0.25, 0.3) is 0 Å². The Morgan fingerprint density at radius 3 is 2.52 bits per heavy atom. The van der Waals surface area contributed by atoms with E-state index in [0.29, 0.717) is 44.4 Å². The summed E-state index contributed by atoms with van der Waals surface area (Å²) in [5, 5.41) is 3.85. The summed E-state index contributed by atoms with van der Waals surface area (Å²) in [6, 6.07) is 1.67. The molecule has 0 unspecified atom stereocenters. The Kier molecular flexibility index (Phi) is 4.33. The first-order valence-electron chi connectivity index (χ1n) is 7.88. The number of amides is 1. The van der Waals surface area contributed by atoms with Gasteiger partial charge in [-0.3, -0.25) is 4.79 Å². The van der Waals surface area contributed by atoms with Crippen LogP contribution in [0.15, 0.2) is 6.07 Å². The zero-order chi connectivity index (χ0) is 16.6. The Labute approximate surface area is 136 Å². The Morgan fingerprint density at radius 2 is 1.91 bits per heavy atom. The molecule has 0 aromatic carbocycles. The first kappa shape index (κ1) is 16.3. The molecule has 0 aliphatic carbocycles. The maximum atomic E-state index is 12.5. The lowest BCUT2D eigenvalue weighted by Crippen LogP contribution is -2.52. The molecule has 3 rings (SSSR count). The number of nitrogens with zero attached hydrogens (tertiary/aromatic N) is 4. The molecule has 1 amide bonds. The van der Waals surface area contributed by atoms with Crippen LogP contribution in [-0.2, 0) is 16.6 Å². The molecule has 1 fully saturated rings. The lowest BCUT2D eigenvalue weighted by Gasteiger charge is -2.34. The van der Waals surface area contributed by atoms with Crippen LogP contribution in [0.2, 0.25) is 0 Å². The second kappa shape index (κ2) is 6.12. The van der Waals surface area contributed by atoms with E-state index in [2.05, 4.69) is 5.10 Å². The van der Waals surface area contributed by atoms with Gasteiger partial charge < -0.3 is 9.64 Å². The Hall–Kier alpha value is -1.61. The first-order valence-corrected chi connectivity index (χ1v) is 9.39. The van der Waals surface area contributed by atoms with Gasteiger partial charge in [-0.25, -0.2) is 13.1 Å². The standard InChI is InChI=1S/C14H22N4O4S/c1-11(2)23(20,21)17-7-5-16(6-8-17)14(19)12-10-13-18(15-12)4-3-9-22-13/h10-11H,3-9H2,1-2H3. The summed E-state index contributed by atoms with van der Waals surface area (Å²) in [6.07, 6.45) is 0.883. The highest BCUT2D eigenvalue weighted by molar-refractivity contribution is 7.89. The number of carbonyl (C=O) groups excluding carboxylic acids is 1. The van der Waals surface area contributed by atoms with Crippen molar-refractivity contribution in [1.29, 1.82) is 0 Å². The third-order valence-corrected chi connectivity index (χ3v) is 6.48. The fourth-order valence-electron chi connectivity index (χ4n) is 2.78. The SMILES string of the molecule is CC(C)S(=O)(=O)N1CCN(C(=O)c2cc3n(n2)CCCO3)CC1. The molecule has 1 saturated heterocycles. The molecule has 1 aromatic rings. The lowest BCUT2D eigenvalue weighted by molar-refractivity contribution is 0.0690. The predicted octanol–water partition coefficient (Wildman–Crippen LogP) is 0.162. The van der Waals surface area contributed by atoms with E-state index in [1.807, 2.05) is 0 Å². The van der Waals surface area contributed by atoms with Crippen molar-refractivity contribution in [2.75, 3.05) is 32.8 Å². The molecule has 0 bridgehead atoms. The monoisotopic (exact) mass is 342 g/mol. The maximum absolute atomic E-state index is 12.5. The quantitative estimate of drug-likeness (QED) is 0.781. The van der Waals surface area contributed by atoms with Gasteiger partial charge in [0.05, 0.1) is 11.9 Å². The Morgan fingerprint density at radius 1 is 1.22 bits per heavy atom. The highest BCUT2D eigenvalue weighted by Crippen LogP contribution is 2.20. The van der Waals surface area contributed by atoms with Gasteiger partial charge in [-0.1, -0.05) is 0 Å². The van der Waals surface area contributed by atoms with Gasteiger partial charge in [0.1, 0.15) is 0 Å². The number of sulfonamides is 1. The van der Waals surface area contributed by atoms with Crippen LogP contribution in [0.3, 0.4) is 0 Å². The Balaban J connectivity index is 1.66. The van der Waals surface area contributed by atoms with Gasteiger partial charge >= 0.3 is 0 Å². The van der Waals surface area contributed by atoms with E-state index in [4.69, 9.17) is 4.74 Å². The van der Waals surface area contributed by atoms with Crippen LogP contribution in [0, 0.1) is 0 Å². The van der Waals surface area contributed by atoms with Crippen molar-refractivity contribution in [2.45, 2.75) is 32.1 Å². The van der Waals surface area contributed by atoms with Crippen LogP contribution in [0.1, 0.15) is 30.8 Å². The van der Waals surface area contributed by atoms with Crippen molar-refractivity contribution in [1.82, 2.24) is 19.0 Å². The molecule has 1 aromatic heterocycles. The molecule has 128 valence electrons. The molecule has 23 heavy (non-hydrogen) atoms. The number of hydrogen-bond acceptors (Lipinski definition) is 5. The Bertz CT molecular complexity index is 666. The van der Waals surface area contributed by atoms with Gasteiger partial charge in [0.2, 0.25) is 15.9 Å². The van der Waals surface area contributed by atoms with Gasteiger partial charge in [-0.15, -0.1) is 0 Å². The highest BCUT2D eigenvalue weighted by Gasteiger charge is 2.32. The van der Waals surface area contributed by atoms with Gasteiger partial charge in [0.15, 0.2) is 5.69 Å². The summed E-state index contributed by atoms with van der Waals surface area (Å²) in [6.45, 7) is 6.16. The van der Waals surface area contributed by atoms with Crippen LogP contribution in [0.4, 0.5) is 0 Å². The molecule has 8 nitrogen and oxygen atoms in total. The molecule has 9 heteroatoms. The molecular weight excluding hydrogens is 320 g/mol. The van der Waals surface area contributed by atoms with Crippen molar-refractivity contribution < 1.29 is 17.9 Å². The minimum absolute atomic E-state index is 0.169. The summed E-state index contributed by atoms with van der Waals surface area (Å²) in [4.78, 5) is 14.2. The topological polar surface area (TPSA) is 84.7 Å². The van der Waals surface area contributed by atoms with Gasteiger partial charge in [-0.2, -0.15) is 9.40 Å². The summed E-state index contributed by atoms with van der Waals surface area (Å²) in [7, 11) is -3.26. The van der Waals surface area contributed by atoms with Crippen molar-refractivity contribution in [3.8, 4) is 5.88 Å². The molecule has 3 heterocycles. The molecule has 2 aliphatic rings. The van der Waals surface area contributed by atoms with Gasteiger partial charge in [0.25, 0.3) is 5.91 Å². The van der Waals surface area contributed by atoms with E-state index in [1.165, 1.54) is 4.31 Å². The zero-order valence-electron chi connectivity index (χ0n) is 13.4. The molecule has 2 aliphatic heterocycles. The minimum atomic E-state index is -3.26. The van der Waals surface area contributed by atoms with E-state index in [-0.39, 0.29) is 5.91 Å². The summed E-state index contributed by atoms with van der Waals surface area (Å²) in [5.41, 5.74) is 0.363. The molecule has 0 spiro atoms. The van der Waals surface area contributed by atoms with Crippen LogP contribution in [0.5, 0.6) is 5.88 Å². The fraction of sp³-hybridized carbons (Fsp3) is 0.714. The number of aromatic nitrogens is 2. The summed E-state index contributed by atoms with van der Waals surface area (Å²) >= 11 is 0. The van der Waals surface area contributed by atoms with E-state index in [0.717, 1.165) is 13.0 Å². The third kappa shape index (κ3) is 3.07. The number of hydrogen-bond donors (Lipinski definition) is 0. The third-order valence-electron chi connectivity index (χ3n) is 4.21. The summed E-state index contributed by atoms with van der Waals surface area (Å²) < 4.78 is 32.9. The number of aryl methyl sites for hydroxylation is 1. The second-order valence-electron chi connectivity index (χ2n) is 6.08. The van der Waals surface area contributed by atoms with Crippen molar-refractivity contribution in [3.05, 3.63) is 11.8 Å². The number of piperazine rings is 1. The van der Waals surface area contributed by atoms with Crippen LogP contribution < -0.4 is 4.74 Å². The van der Waals surface area contributed by atoms with Crippen molar-refractivity contribution in [3.63, 3.8) is 0 Å². The molecule has 0 atom stereocenters. The largest absolute Gasteiger partial charge is 0.478 e. The van der Waals surface area contributed by atoms with E-state index in [9.17, 15) is 13.2 Å². The predicted molar refractivity (Wildman–Crippen MR) is 83.9 cm³/mol. The fourth-order valence-corrected chi connectivity index (χ4v) is 4.05. The normalized spacial score (nSPS) is 19.5. The average Bonchev–Trinajstić information content (AvgIpc) is 2.98. The maximum Gasteiger partial charge on any atom is 0.274 e. The average molecular weight is 342 g/mol. The van der Waals surface area contributed by atoms with Gasteiger partial charge in [-0.05, 0) is 13.8 Å². The molecule has 0 N–H and O–H groups in total. The number of rotatable bonds is 3. The minimum Gasteiger partial charge on any atom is -0.478 e. The van der Waals surface area contributed by atoms with E-state index in [1.54, 1.807) is 29.5 Å². The highest BCUT2D eigenvalue weighted by atomic mass is 32.2. The number of fused-ring (bicyclic) bond motifs is 1. The first-order chi connectivity index (χ1) is 10.9.